The highest BCUT2D eigenvalue weighted by Crippen LogP contribution is 2.35. The van der Waals surface area contributed by atoms with Gasteiger partial charge in [-0.1, -0.05) is 12.1 Å². The lowest BCUT2D eigenvalue weighted by atomic mass is 10.1. The molecule has 1 aromatic heterocycles. The molecule has 1 saturated heterocycles. The number of hydrogen-bond acceptors (Lipinski definition) is 7. The predicted octanol–water partition coefficient (Wildman–Crippen LogP) is 3.36. The predicted molar refractivity (Wildman–Crippen MR) is 145 cm³/mol. The molecule has 2 aliphatic heterocycles. The number of amidine groups is 1. The first-order valence-corrected chi connectivity index (χ1v) is 13.8. The normalized spacial score (nSPS) is 19.6. The van der Waals surface area contributed by atoms with E-state index in [1.807, 2.05) is 11.9 Å². The van der Waals surface area contributed by atoms with Crippen LogP contribution in [0, 0.1) is 0 Å². The number of amides is 1. The fourth-order valence-electron chi connectivity index (χ4n) is 4.59. The zero-order valence-corrected chi connectivity index (χ0v) is 22.8. The fraction of sp³-hybridized carbons (Fsp3) is 0.370. The molecule has 3 heterocycles. The van der Waals surface area contributed by atoms with Gasteiger partial charge in [0.1, 0.15) is 28.1 Å². The SMILES string of the molecule is COCCOc1ccc(Cn2ncc3cc(C=C4C(=O)N=C(N5CCN(C)CC5)S4=O)ccc32)c(C(F)(F)F)c1. The molecule has 0 N–H and O–H groups in total. The Morgan fingerprint density at radius 1 is 1.07 bits per heavy atom. The van der Waals surface area contributed by atoms with E-state index in [0.29, 0.717) is 29.6 Å². The highest BCUT2D eigenvalue weighted by atomic mass is 32.2. The number of hydrogen-bond donors (Lipinski definition) is 0. The molecule has 0 radical (unpaired) electrons. The van der Waals surface area contributed by atoms with Gasteiger partial charge < -0.3 is 19.3 Å². The van der Waals surface area contributed by atoms with Crippen LogP contribution in [-0.4, -0.2) is 88.4 Å². The number of fused-ring (bicyclic) bond motifs is 1. The van der Waals surface area contributed by atoms with Crippen molar-refractivity contribution in [3.05, 3.63) is 64.2 Å². The number of alkyl halides is 3. The summed E-state index contributed by atoms with van der Waals surface area (Å²) in [4.78, 5) is 20.8. The third-order valence-electron chi connectivity index (χ3n) is 6.77. The van der Waals surface area contributed by atoms with E-state index in [2.05, 4.69) is 15.0 Å². The summed E-state index contributed by atoms with van der Waals surface area (Å²) in [6, 6.07) is 9.04. The molecule has 1 fully saturated rings. The van der Waals surface area contributed by atoms with Gasteiger partial charge in [0.05, 0.1) is 30.4 Å². The molecular formula is C27H28F3N5O4S. The highest BCUT2D eigenvalue weighted by molar-refractivity contribution is 8.05. The van der Waals surface area contributed by atoms with Gasteiger partial charge in [-0.2, -0.15) is 23.3 Å². The minimum absolute atomic E-state index is 0.0447. The summed E-state index contributed by atoms with van der Waals surface area (Å²) in [6.07, 6.45) is -1.48. The Kier molecular flexibility index (Phi) is 8.06. The van der Waals surface area contributed by atoms with E-state index in [9.17, 15) is 22.2 Å². The van der Waals surface area contributed by atoms with Crippen molar-refractivity contribution < 1.29 is 31.6 Å². The van der Waals surface area contributed by atoms with Gasteiger partial charge in [-0.05, 0) is 48.5 Å². The van der Waals surface area contributed by atoms with Crippen LogP contribution in [-0.2, 0) is 33.1 Å². The number of nitrogens with zero attached hydrogens (tertiary/aromatic N) is 5. The van der Waals surface area contributed by atoms with E-state index >= 15 is 0 Å². The minimum atomic E-state index is -4.58. The number of ether oxygens (including phenoxy) is 2. The van der Waals surface area contributed by atoms with Crippen molar-refractivity contribution in [2.45, 2.75) is 12.7 Å². The van der Waals surface area contributed by atoms with Crippen molar-refractivity contribution in [2.75, 3.05) is 53.6 Å². The van der Waals surface area contributed by atoms with Gasteiger partial charge in [-0.3, -0.25) is 9.48 Å². The van der Waals surface area contributed by atoms with Gasteiger partial charge in [0.2, 0.25) is 5.17 Å². The van der Waals surface area contributed by atoms with Gasteiger partial charge in [0.15, 0.2) is 0 Å². The van der Waals surface area contributed by atoms with E-state index in [1.54, 1.807) is 30.5 Å². The van der Waals surface area contributed by atoms with Crippen LogP contribution in [0.3, 0.4) is 0 Å². The Labute approximate surface area is 231 Å². The fourth-order valence-corrected chi connectivity index (χ4v) is 5.81. The van der Waals surface area contributed by atoms with Crippen LogP contribution >= 0.6 is 0 Å². The maximum Gasteiger partial charge on any atom is 0.416 e. The summed E-state index contributed by atoms with van der Waals surface area (Å²) in [5, 5.41) is 5.25. The maximum absolute atomic E-state index is 13.8. The molecular weight excluding hydrogens is 547 g/mol. The van der Waals surface area contributed by atoms with Crippen LogP contribution in [0.4, 0.5) is 13.2 Å². The topological polar surface area (TPSA) is 89.3 Å². The number of carbonyl (C=O) groups is 1. The third-order valence-corrected chi connectivity index (χ3v) is 8.15. The van der Waals surface area contributed by atoms with Crippen LogP contribution in [0.5, 0.6) is 5.75 Å². The molecule has 212 valence electrons. The zero-order valence-electron chi connectivity index (χ0n) is 22.0. The van der Waals surface area contributed by atoms with Crippen LogP contribution in [0.15, 0.2) is 52.5 Å². The maximum atomic E-state index is 13.8. The summed E-state index contributed by atoms with van der Waals surface area (Å²) < 4.78 is 66.4. The van der Waals surface area contributed by atoms with Gasteiger partial charge in [0.25, 0.3) is 5.91 Å². The second-order valence-corrected chi connectivity index (χ2v) is 10.9. The summed E-state index contributed by atoms with van der Waals surface area (Å²) in [6.45, 7) is 3.16. The van der Waals surface area contributed by atoms with Crippen molar-refractivity contribution in [3.63, 3.8) is 0 Å². The van der Waals surface area contributed by atoms with E-state index < -0.39 is 28.4 Å². The number of halogens is 3. The molecule has 0 saturated carbocycles. The van der Waals surface area contributed by atoms with E-state index in [-0.39, 0.29) is 41.1 Å². The monoisotopic (exact) mass is 575 g/mol. The minimum Gasteiger partial charge on any atom is -0.491 e. The Hall–Kier alpha value is -3.55. The third kappa shape index (κ3) is 5.96. The lowest BCUT2D eigenvalue weighted by Gasteiger charge is -2.32. The summed E-state index contributed by atoms with van der Waals surface area (Å²) in [7, 11) is 1.80. The second kappa shape index (κ2) is 11.5. The quantitative estimate of drug-likeness (QED) is 0.315. The van der Waals surface area contributed by atoms with Crippen LogP contribution in [0.1, 0.15) is 16.7 Å². The van der Waals surface area contributed by atoms with Gasteiger partial charge in [-0.25, -0.2) is 4.21 Å². The van der Waals surface area contributed by atoms with E-state index in [4.69, 9.17) is 9.47 Å². The second-order valence-electron chi connectivity index (χ2n) is 9.55. The standard InChI is InChI=1S/C27H28F3N5O4S/c1-33-7-9-34(10-8-33)26-32-25(36)24(40(26)37)14-18-3-6-23-20(13-18)16-31-35(23)17-19-4-5-21(39-12-11-38-2)15-22(19)27(28,29)30/h3-6,13-16H,7-12,17H2,1-2H3. The van der Waals surface area contributed by atoms with E-state index in [0.717, 1.165) is 19.2 Å². The van der Waals surface area contributed by atoms with Gasteiger partial charge >= 0.3 is 6.18 Å². The largest absolute Gasteiger partial charge is 0.491 e. The molecule has 13 heteroatoms. The summed E-state index contributed by atoms with van der Waals surface area (Å²) in [5.74, 6) is -0.424. The molecule has 0 bridgehead atoms. The molecule has 5 rings (SSSR count). The molecule has 0 spiro atoms. The molecule has 3 aromatic rings. The lowest BCUT2D eigenvalue weighted by Crippen LogP contribution is -2.47. The number of rotatable bonds is 7. The van der Waals surface area contributed by atoms with E-state index in [1.165, 1.54) is 23.9 Å². The highest BCUT2D eigenvalue weighted by Gasteiger charge is 2.35. The molecule has 9 nitrogen and oxygen atoms in total. The Morgan fingerprint density at radius 3 is 2.58 bits per heavy atom. The Balaban J connectivity index is 1.36. The van der Waals surface area contributed by atoms with Crippen LogP contribution in [0.2, 0.25) is 0 Å². The molecule has 40 heavy (non-hydrogen) atoms. The van der Waals surface area contributed by atoms with Crippen molar-refractivity contribution >= 4 is 38.9 Å². The van der Waals surface area contributed by atoms with Gasteiger partial charge in [0, 0.05) is 38.7 Å². The first kappa shape index (κ1) is 28.0. The smallest absolute Gasteiger partial charge is 0.416 e. The first-order valence-electron chi connectivity index (χ1n) is 12.6. The van der Waals surface area contributed by atoms with Crippen molar-refractivity contribution in [3.8, 4) is 5.75 Å². The lowest BCUT2D eigenvalue weighted by molar-refractivity contribution is -0.138. The molecule has 0 aliphatic carbocycles. The number of aliphatic imine (C=N–C) groups is 1. The summed E-state index contributed by atoms with van der Waals surface area (Å²) >= 11 is 0. The number of carbonyl (C=O) groups excluding carboxylic acids is 1. The molecule has 1 atom stereocenters. The van der Waals surface area contributed by atoms with Crippen molar-refractivity contribution in [1.29, 1.82) is 0 Å². The van der Waals surface area contributed by atoms with Crippen LogP contribution in [0.25, 0.3) is 17.0 Å². The number of methoxy groups -OCH3 is 1. The number of piperazine rings is 1. The first-order chi connectivity index (χ1) is 19.1. The average Bonchev–Trinajstić information content (AvgIpc) is 3.44. The molecule has 2 aliphatic rings. The number of aromatic nitrogens is 2. The molecule has 1 unspecified atom stereocenters. The summed E-state index contributed by atoms with van der Waals surface area (Å²) in [5.41, 5.74) is 0.477. The average molecular weight is 576 g/mol. The zero-order chi connectivity index (χ0) is 28.4. The van der Waals surface area contributed by atoms with Gasteiger partial charge in [-0.15, -0.1) is 0 Å². The molecule has 1 amide bonds. The Morgan fingerprint density at radius 2 is 1.85 bits per heavy atom. The number of benzene rings is 2. The van der Waals surface area contributed by atoms with Crippen LogP contribution < -0.4 is 4.74 Å². The van der Waals surface area contributed by atoms with Crippen molar-refractivity contribution in [1.82, 2.24) is 19.6 Å². The Bertz CT molecular complexity index is 1510. The molecule has 2 aromatic carbocycles. The number of likely N-dealkylation sites (N-methyl/N-ethyl adjacent to an activating group) is 1. The van der Waals surface area contributed by atoms with Crippen molar-refractivity contribution in [2.24, 2.45) is 4.99 Å².